The summed E-state index contributed by atoms with van der Waals surface area (Å²) < 4.78 is 4.83. The van der Waals surface area contributed by atoms with Crippen molar-refractivity contribution in [3.8, 4) is 5.75 Å². The number of hydrogen-bond donors (Lipinski definition) is 1. The van der Waals surface area contributed by atoms with Crippen LogP contribution < -0.4 is 10.5 Å². The Kier molecular flexibility index (Phi) is 3.68. The summed E-state index contributed by atoms with van der Waals surface area (Å²) in [7, 11) is 1.33. The van der Waals surface area contributed by atoms with Crippen molar-refractivity contribution >= 4 is 28.8 Å². The van der Waals surface area contributed by atoms with Gasteiger partial charge in [0.1, 0.15) is 5.75 Å². The molecule has 0 aromatic heterocycles. The third-order valence-corrected chi connectivity index (χ3v) is 2.21. The number of hydrogen-bond acceptors (Lipinski definition) is 5. The Balaban J connectivity index is 3.42. The summed E-state index contributed by atoms with van der Waals surface area (Å²) in [5.74, 6) is -0.743. The average molecular weight is 245 g/mol. The molecule has 0 saturated carbocycles. The highest BCUT2D eigenvalue weighted by atomic mass is 35.5. The van der Waals surface area contributed by atoms with Gasteiger partial charge in [0.05, 0.1) is 35.2 Å². The van der Waals surface area contributed by atoms with Gasteiger partial charge in [-0.3, -0.25) is 14.9 Å². The summed E-state index contributed by atoms with van der Waals surface area (Å²) in [5, 5.41) is 10.7. The number of methoxy groups -OCH3 is 1. The molecule has 1 rings (SSSR count). The van der Waals surface area contributed by atoms with Gasteiger partial charge in [-0.15, -0.1) is 11.6 Å². The van der Waals surface area contributed by atoms with Gasteiger partial charge in [-0.2, -0.15) is 0 Å². The fourth-order valence-corrected chi connectivity index (χ4v) is 1.35. The Bertz CT molecular complexity index is 447. The molecule has 0 heterocycles. The van der Waals surface area contributed by atoms with Crippen LogP contribution in [0.1, 0.15) is 10.4 Å². The summed E-state index contributed by atoms with van der Waals surface area (Å²) in [6, 6.07) is 2.30. The van der Waals surface area contributed by atoms with Gasteiger partial charge in [0.15, 0.2) is 5.78 Å². The number of carbonyl (C=O) groups excluding carboxylic acids is 1. The number of nitrogens with two attached hydrogens (primary N) is 1. The summed E-state index contributed by atoms with van der Waals surface area (Å²) >= 11 is 5.34. The molecular formula is C9H9ClN2O4. The second kappa shape index (κ2) is 4.80. The molecule has 0 saturated heterocycles. The summed E-state index contributed by atoms with van der Waals surface area (Å²) in [6.45, 7) is 0. The topological polar surface area (TPSA) is 95.5 Å². The van der Waals surface area contributed by atoms with Crippen LogP contribution in [0.5, 0.6) is 5.75 Å². The summed E-state index contributed by atoms with van der Waals surface area (Å²) in [5.41, 5.74) is 5.23. The van der Waals surface area contributed by atoms with E-state index in [0.717, 1.165) is 6.07 Å². The monoisotopic (exact) mass is 244 g/mol. The number of benzene rings is 1. The molecule has 86 valence electrons. The molecule has 0 aliphatic carbocycles. The molecule has 2 N–H and O–H groups in total. The number of halogens is 1. The number of nitro benzene ring substituents is 1. The lowest BCUT2D eigenvalue weighted by Crippen LogP contribution is -2.07. The SMILES string of the molecule is COc1cc([N+](=O)[O-])c(C(=O)CCl)cc1N. The van der Waals surface area contributed by atoms with E-state index in [1.54, 1.807) is 0 Å². The molecule has 0 fully saturated rings. The summed E-state index contributed by atoms with van der Waals surface area (Å²) in [6.07, 6.45) is 0. The number of alkyl halides is 1. The van der Waals surface area contributed by atoms with Gasteiger partial charge in [0.2, 0.25) is 0 Å². The van der Waals surface area contributed by atoms with Gasteiger partial charge in [-0.1, -0.05) is 0 Å². The molecule has 0 bridgehead atoms. The zero-order valence-electron chi connectivity index (χ0n) is 8.40. The number of rotatable bonds is 4. The molecular weight excluding hydrogens is 236 g/mol. The maximum atomic E-state index is 11.4. The zero-order chi connectivity index (χ0) is 12.3. The number of nitrogen functional groups attached to an aromatic ring is 1. The Morgan fingerprint density at radius 3 is 2.69 bits per heavy atom. The van der Waals surface area contributed by atoms with Crippen molar-refractivity contribution in [2.24, 2.45) is 0 Å². The lowest BCUT2D eigenvalue weighted by molar-refractivity contribution is -0.385. The van der Waals surface area contributed by atoms with Crippen molar-refractivity contribution in [1.29, 1.82) is 0 Å². The van der Waals surface area contributed by atoms with Crippen LogP contribution >= 0.6 is 11.6 Å². The van der Waals surface area contributed by atoms with E-state index >= 15 is 0 Å². The quantitative estimate of drug-likeness (QED) is 0.285. The summed E-state index contributed by atoms with van der Waals surface area (Å²) in [4.78, 5) is 21.4. The van der Waals surface area contributed by atoms with Crippen molar-refractivity contribution in [3.05, 3.63) is 27.8 Å². The molecule has 0 aliphatic heterocycles. The Morgan fingerprint density at radius 1 is 1.62 bits per heavy atom. The molecule has 6 nitrogen and oxygen atoms in total. The largest absolute Gasteiger partial charge is 0.494 e. The normalized spacial score (nSPS) is 9.88. The first-order valence-corrected chi connectivity index (χ1v) is 4.75. The predicted molar refractivity (Wildman–Crippen MR) is 59.1 cm³/mol. The first kappa shape index (κ1) is 12.3. The lowest BCUT2D eigenvalue weighted by atomic mass is 10.1. The highest BCUT2D eigenvalue weighted by molar-refractivity contribution is 6.31. The maximum Gasteiger partial charge on any atom is 0.284 e. The standard InChI is InChI=1S/C9H9ClN2O4/c1-16-9-3-7(12(14)15)5(2-6(9)11)8(13)4-10/h2-3H,4,11H2,1H3. The second-order valence-electron chi connectivity index (χ2n) is 2.93. The predicted octanol–water partition coefficient (Wildman–Crippen LogP) is 1.61. The number of nitrogens with zero attached hydrogens (tertiary/aromatic N) is 1. The van der Waals surface area contributed by atoms with Crippen LogP contribution in [-0.2, 0) is 0 Å². The average Bonchev–Trinajstić information content (AvgIpc) is 2.27. The minimum Gasteiger partial charge on any atom is -0.494 e. The molecule has 16 heavy (non-hydrogen) atoms. The van der Waals surface area contributed by atoms with Gasteiger partial charge in [-0.05, 0) is 6.07 Å². The molecule has 0 unspecified atom stereocenters. The number of ketones is 1. The smallest absolute Gasteiger partial charge is 0.284 e. The van der Waals surface area contributed by atoms with E-state index in [0.29, 0.717) is 0 Å². The third kappa shape index (κ3) is 2.22. The molecule has 1 aromatic rings. The third-order valence-electron chi connectivity index (χ3n) is 1.97. The van der Waals surface area contributed by atoms with Crippen LogP contribution in [-0.4, -0.2) is 23.7 Å². The van der Waals surface area contributed by atoms with Crippen LogP contribution in [0.4, 0.5) is 11.4 Å². The van der Waals surface area contributed by atoms with Crippen LogP contribution in [0.15, 0.2) is 12.1 Å². The zero-order valence-corrected chi connectivity index (χ0v) is 9.15. The molecule has 0 radical (unpaired) electrons. The van der Waals surface area contributed by atoms with Gasteiger partial charge >= 0.3 is 0 Å². The molecule has 0 atom stereocenters. The number of ether oxygens (including phenoxy) is 1. The number of carbonyl (C=O) groups is 1. The number of anilines is 1. The molecule has 0 aliphatic rings. The Morgan fingerprint density at radius 2 is 2.25 bits per heavy atom. The minimum absolute atomic E-state index is 0.113. The Hall–Kier alpha value is -1.82. The van der Waals surface area contributed by atoms with E-state index in [-0.39, 0.29) is 28.6 Å². The number of nitro groups is 1. The Labute approximate surface area is 96.1 Å². The van der Waals surface area contributed by atoms with Crippen molar-refractivity contribution in [2.75, 3.05) is 18.7 Å². The highest BCUT2D eigenvalue weighted by Gasteiger charge is 2.22. The van der Waals surface area contributed by atoms with Crippen LogP contribution in [0.2, 0.25) is 0 Å². The van der Waals surface area contributed by atoms with Crippen LogP contribution in [0.3, 0.4) is 0 Å². The van der Waals surface area contributed by atoms with Crippen molar-refractivity contribution < 1.29 is 14.5 Å². The second-order valence-corrected chi connectivity index (χ2v) is 3.19. The van der Waals surface area contributed by atoms with Crippen molar-refractivity contribution in [3.63, 3.8) is 0 Å². The molecule has 7 heteroatoms. The van der Waals surface area contributed by atoms with Gasteiger partial charge in [-0.25, -0.2) is 0 Å². The van der Waals surface area contributed by atoms with Gasteiger partial charge in [0, 0.05) is 0 Å². The van der Waals surface area contributed by atoms with E-state index in [2.05, 4.69) is 0 Å². The number of Topliss-reactive ketones (excluding diaryl/α,β-unsaturated/α-hetero) is 1. The fraction of sp³-hybridized carbons (Fsp3) is 0.222. The van der Waals surface area contributed by atoms with E-state index in [1.165, 1.54) is 13.2 Å². The van der Waals surface area contributed by atoms with Crippen LogP contribution in [0, 0.1) is 10.1 Å². The first-order valence-electron chi connectivity index (χ1n) is 4.22. The van der Waals surface area contributed by atoms with E-state index in [4.69, 9.17) is 22.1 Å². The van der Waals surface area contributed by atoms with Crippen LogP contribution in [0.25, 0.3) is 0 Å². The molecule has 0 amide bonds. The minimum atomic E-state index is -0.679. The highest BCUT2D eigenvalue weighted by Crippen LogP contribution is 2.31. The molecule has 0 spiro atoms. The van der Waals surface area contributed by atoms with E-state index in [9.17, 15) is 14.9 Å². The fourth-order valence-electron chi connectivity index (χ4n) is 1.21. The van der Waals surface area contributed by atoms with E-state index in [1.807, 2.05) is 0 Å². The van der Waals surface area contributed by atoms with Crippen molar-refractivity contribution in [2.45, 2.75) is 0 Å². The van der Waals surface area contributed by atoms with E-state index < -0.39 is 10.7 Å². The van der Waals surface area contributed by atoms with Gasteiger partial charge in [0.25, 0.3) is 5.69 Å². The first-order chi connectivity index (χ1) is 7.51. The maximum absolute atomic E-state index is 11.4. The lowest BCUT2D eigenvalue weighted by Gasteiger charge is -2.06. The molecule has 1 aromatic carbocycles. The van der Waals surface area contributed by atoms with Crippen molar-refractivity contribution in [1.82, 2.24) is 0 Å². The van der Waals surface area contributed by atoms with Gasteiger partial charge < -0.3 is 10.5 Å².